The molecule has 0 aliphatic carbocycles. The first-order chi connectivity index (χ1) is 5.11. The Morgan fingerprint density at radius 3 is 2.55 bits per heavy atom. The molecule has 0 saturated carbocycles. The van der Waals surface area contributed by atoms with Gasteiger partial charge in [-0.15, -0.1) is 23.2 Å². The summed E-state index contributed by atoms with van der Waals surface area (Å²) in [5, 5.41) is 11.4. The maximum absolute atomic E-state index is 10.5. The van der Waals surface area contributed by atoms with Crippen molar-refractivity contribution in [1.29, 1.82) is 0 Å². The molecule has 1 rings (SSSR count). The van der Waals surface area contributed by atoms with Crippen LogP contribution in [0.5, 0.6) is 0 Å². The molecule has 0 aromatic rings. The topological polar surface area (TPSA) is 49.3 Å². The number of carboxylic acids is 1. The summed E-state index contributed by atoms with van der Waals surface area (Å²) in [6.07, 6.45) is 1.20. The van der Waals surface area contributed by atoms with Gasteiger partial charge in [-0.05, 0) is 12.8 Å². The number of aliphatic carboxylic acids is 1. The first-order valence-electron chi connectivity index (χ1n) is 3.38. The van der Waals surface area contributed by atoms with Crippen LogP contribution in [-0.4, -0.2) is 22.1 Å². The third kappa shape index (κ3) is 2.22. The minimum atomic E-state index is -0.860. The van der Waals surface area contributed by atoms with Crippen LogP contribution in [0.15, 0.2) is 0 Å². The number of hydrogen-bond donors (Lipinski definition) is 2. The Labute approximate surface area is 74.7 Å². The number of alkyl halides is 2. The molecule has 0 unspecified atom stereocenters. The van der Waals surface area contributed by atoms with Gasteiger partial charge in [-0.1, -0.05) is 0 Å². The summed E-state index contributed by atoms with van der Waals surface area (Å²) in [4.78, 5) is 10.5. The summed E-state index contributed by atoms with van der Waals surface area (Å²) in [6.45, 7) is 0. The van der Waals surface area contributed by atoms with Gasteiger partial charge in [-0.2, -0.15) is 0 Å². The van der Waals surface area contributed by atoms with E-state index >= 15 is 0 Å². The predicted octanol–water partition coefficient (Wildman–Crippen LogP) is 1.20. The van der Waals surface area contributed by atoms with Crippen LogP contribution in [0.3, 0.4) is 0 Å². The van der Waals surface area contributed by atoms with E-state index in [0.29, 0.717) is 12.8 Å². The Bertz CT molecular complexity index is 165. The Morgan fingerprint density at radius 1 is 1.45 bits per heavy atom. The molecule has 0 spiro atoms. The van der Waals surface area contributed by atoms with Crippen LogP contribution in [0, 0.1) is 5.92 Å². The van der Waals surface area contributed by atoms with Gasteiger partial charge in [0.05, 0.1) is 16.9 Å². The number of halogens is 2. The normalized spacial score (nSPS) is 38.5. The van der Waals surface area contributed by atoms with Crippen molar-refractivity contribution in [2.45, 2.75) is 23.8 Å². The number of carbonyl (C=O) groups is 1. The van der Waals surface area contributed by atoms with Gasteiger partial charge in [-0.3, -0.25) is 10.1 Å². The third-order valence-corrected chi connectivity index (χ3v) is 2.52. The highest BCUT2D eigenvalue weighted by Crippen LogP contribution is 2.23. The van der Waals surface area contributed by atoms with Crippen molar-refractivity contribution < 1.29 is 9.90 Å². The van der Waals surface area contributed by atoms with Crippen molar-refractivity contribution in [1.82, 2.24) is 5.32 Å². The summed E-state index contributed by atoms with van der Waals surface area (Å²) >= 11 is 11.4. The summed E-state index contributed by atoms with van der Waals surface area (Å²) in [7, 11) is 0. The van der Waals surface area contributed by atoms with Gasteiger partial charge >= 0.3 is 5.97 Å². The molecular formula is C6H9Cl2NO2. The first-order valence-corrected chi connectivity index (χ1v) is 4.25. The molecule has 5 heteroatoms. The van der Waals surface area contributed by atoms with Crippen LogP contribution in [0.4, 0.5) is 0 Å². The molecule has 1 heterocycles. The quantitative estimate of drug-likeness (QED) is 0.491. The zero-order chi connectivity index (χ0) is 8.43. The van der Waals surface area contributed by atoms with E-state index in [2.05, 4.69) is 5.32 Å². The maximum atomic E-state index is 10.5. The largest absolute Gasteiger partial charge is 0.481 e. The Hall–Kier alpha value is 0.01000. The highest BCUT2D eigenvalue weighted by atomic mass is 35.5. The summed E-state index contributed by atoms with van der Waals surface area (Å²) in [5.74, 6) is -1.37. The van der Waals surface area contributed by atoms with E-state index in [1.807, 2.05) is 0 Å². The molecule has 3 atom stereocenters. The second-order valence-electron chi connectivity index (χ2n) is 2.56. The predicted molar refractivity (Wildman–Crippen MR) is 42.8 cm³/mol. The molecule has 1 aliphatic heterocycles. The zero-order valence-electron chi connectivity index (χ0n) is 5.76. The van der Waals surface area contributed by atoms with Gasteiger partial charge in [0, 0.05) is 0 Å². The van der Waals surface area contributed by atoms with Crippen LogP contribution >= 0.6 is 23.2 Å². The second-order valence-corrected chi connectivity index (χ2v) is 3.56. The van der Waals surface area contributed by atoms with Gasteiger partial charge in [0.15, 0.2) is 0 Å². The van der Waals surface area contributed by atoms with Gasteiger partial charge < -0.3 is 5.11 Å². The lowest BCUT2D eigenvalue weighted by atomic mass is 10.00. The number of nitrogens with one attached hydrogen (secondary N) is 1. The first kappa shape index (κ1) is 9.10. The molecule has 0 bridgehead atoms. The molecule has 64 valence electrons. The van der Waals surface area contributed by atoms with Crippen LogP contribution in [0.1, 0.15) is 12.8 Å². The number of hydrogen-bond acceptors (Lipinski definition) is 2. The number of carboxylic acid groups (broad SMARTS) is 1. The second kappa shape index (κ2) is 3.61. The maximum Gasteiger partial charge on any atom is 0.309 e. The van der Waals surface area contributed by atoms with Gasteiger partial charge in [0.25, 0.3) is 0 Å². The molecule has 1 saturated heterocycles. The van der Waals surface area contributed by atoms with Crippen LogP contribution in [0.2, 0.25) is 0 Å². The monoisotopic (exact) mass is 197 g/mol. The average Bonchev–Trinajstić information content (AvgIpc) is 1.85. The van der Waals surface area contributed by atoms with Crippen molar-refractivity contribution in [3.63, 3.8) is 0 Å². The molecule has 0 amide bonds. The van der Waals surface area contributed by atoms with E-state index in [4.69, 9.17) is 28.3 Å². The van der Waals surface area contributed by atoms with E-state index in [-0.39, 0.29) is 5.50 Å². The lowest BCUT2D eigenvalue weighted by Gasteiger charge is -2.28. The SMILES string of the molecule is O=C(O)[C@@H]1CC[C@@H](Cl)N[C@@H]1Cl. The summed E-state index contributed by atoms with van der Waals surface area (Å²) < 4.78 is 0. The smallest absolute Gasteiger partial charge is 0.309 e. The fraction of sp³-hybridized carbons (Fsp3) is 0.833. The average molecular weight is 198 g/mol. The Kier molecular flexibility index (Phi) is 2.98. The molecule has 0 aromatic carbocycles. The molecule has 0 radical (unpaired) electrons. The molecule has 0 aromatic heterocycles. The minimum Gasteiger partial charge on any atom is -0.481 e. The van der Waals surface area contributed by atoms with Gasteiger partial charge in [0.2, 0.25) is 0 Å². The fourth-order valence-corrected chi connectivity index (χ4v) is 1.81. The molecule has 1 fully saturated rings. The Balaban J connectivity index is 2.50. The summed E-state index contributed by atoms with van der Waals surface area (Å²) in [5.41, 5.74) is -0.725. The van der Waals surface area contributed by atoms with E-state index < -0.39 is 17.4 Å². The fourth-order valence-electron chi connectivity index (χ4n) is 1.09. The molecule has 2 N–H and O–H groups in total. The van der Waals surface area contributed by atoms with Crippen molar-refractivity contribution in [2.24, 2.45) is 5.92 Å². The van der Waals surface area contributed by atoms with Crippen LogP contribution < -0.4 is 5.32 Å². The van der Waals surface area contributed by atoms with Crippen LogP contribution in [0.25, 0.3) is 0 Å². The van der Waals surface area contributed by atoms with E-state index in [9.17, 15) is 4.79 Å². The minimum absolute atomic E-state index is 0.187. The van der Waals surface area contributed by atoms with Crippen molar-refractivity contribution in [3.8, 4) is 0 Å². The van der Waals surface area contributed by atoms with E-state index in [1.54, 1.807) is 0 Å². The van der Waals surface area contributed by atoms with Gasteiger partial charge in [0.1, 0.15) is 0 Å². The highest BCUT2D eigenvalue weighted by Gasteiger charge is 2.32. The summed E-state index contributed by atoms with van der Waals surface area (Å²) in [6, 6.07) is 0. The molecule has 1 aliphatic rings. The molecular weight excluding hydrogens is 189 g/mol. The lowest BCUT2D eigenvalue weighted by Crippen LogP contribution is -2.44. The zero-order valence-corrected chi connectivity index (χ0v) is 7.27. The molecule has 3 nitrogen and oxygen atoms in total. The van der Waals surface area contributed by atoms with E-state index in [0.717, 1.165) is 0 Å². The van der Waals surface area contributed by atoms with E-state index in [1.165, 1.54) is 0 Å². The number of piperidine rings is 1. The standard InChI is InChI=1S/C6H9Cl2NO2/c7-4-2-1-3(6(10)11)5(8)9-4/h3-5,9H,1-2H2,(H,10,11)/t3-,4+,5+/m1/s1. The Morgan fingerprint density at radius 2 is 2.09 bits per heavy atom. The lowest BCUT2D eigenvalue weighted by molar-refractivity contribution is -0.142. The highest BCUT2D eigenvalue weighted by molar-refractivity contribution is 6.24. The third-order valence-electron chi connectivity index (χ3n) is 1.74. The number of rotatable bonds is 1. The van der Waals surface area contributed by atoms with Gasteiger partial charge in [-0.25, -0.2) is 0 Å². The van der Waals surface area contributed by atoms with Crippen LogP contribution in [-0.2, 0) is 4.79 Å². The van der Waals surface area contributed by atoms with Crippen molar-refractivity contribution >= 4 is 29.2 Å². The van der Waals surface area contributed by atoms with Crippen molar-refractivity contribution in [3.05, 3.63) is 0 Å². The van der Waals surface area contributed by atoms with Crippen molar-refractivity contribution in [2.75, 3.05) is 0 Å². The molecule has 11 heavy (non-hydrogen) atoms.